The lowest BCUT2D eigenvalue weighted by Gasteiger charge is -2.05. The molecular weight excluding hydrogens is 372 g/mol. The molecule has 0 saturated carbocycles. The van der Waals surface area contributed by atoms with Crippen molar-refractivity contribution in [2.45, 2.75) is 13.1 Å². The number of amides is 1. The Morgan fingerprint density at radius 1 is 1.17 bits per heavy atom. The second-order valence-corrected chi connectivity index (χ2v) is 6.24. The van der Waals surface area contributed by atoms with E-state index in [4.69, 9.17) is 4.42 Å². The zero-order valence-corrected chi connectivity index (χ0v) is 14.1. The Morgan fingerprint density at radius 3 is 2.92 bits per heavy atom. The maximum atomic E-state index is 11.7. The minimum atomic E-state index is -0.0392. The van der Waals surface area contributed by atoms with Gasteiger partial charge < -0.3 is 15.1 Å². The van der Waals surface area contributed by atoms with E-state index in [9.17, 15) is 4.79 Å². The number of anilines is 1. The minimum absolute atomic E-state index is 0.0392. The SMILES string of the molecule is O=C1NCc2ccc(NCc3nnc(-c4ccccc4Br)o3)cc21. The molecule has 0 spiro atoms. The molecule has 6 nitrogen and oxygen atoms in total. The third-order valence-corrected chi connectivity index (χ3v) is 4.50. The number of aromatic nitrogens is 2. The third-order valence-electron chi connectivity index (χ3n) is 3.81. The van der Waals surface area contributed by atoms with Gasteiger partial charge in [0.15, 0.2) is 0 Å². The number of rotatable bonds is 4. The minimum Gasteiger partial charge on any atom is -0.419 e. The smallest absolute Gasteiger partial charge is 0.251 e. The molecule has 3 aromatic rings. The van der Waals surface area contributed by atoms with Crippen LogP contribution in [0.15, 0.2) is 51.4 Å². The molecule has 2 aromatic carbocycles. The molecule has 0 saturated heterocycles. The van der Waals surface area contributed by atoms with E-state index in [1.54, 1.807) is 0 Å². The van der Waals surface area contributed by atoms with E-state index in [2.05, 4.69) is 36.8 Å². The van der Waals surface area contributed by atoms with Crippen molar-refractivity contribution in [1.82, 2.24) is 15.5 Å². The van der Waals surface area contributed by atoms with Crippen LogP contribution in [0.5, 0.6) is 0 Å². The lowest BCUT2D eigenvalue weighted by Crippen LogP contribution is -2.12. The molecule has 1 amide bonds. The monoisotopic (exact) mass is 384 g/mol. The number of nitrogens with zero attached hydrogens (tertiary/aromatic N) is 2. The lowest BCUT2D eigenvalue weighted by atomic mass is 10.1. The van der Waals surface area contributed by atoms with Gasteiger partial charge in [-0.25, -0.2) is 0 Å². The van der Waals surface area contributed by atoms with Crippen LogP contribution in [0.4, 0.5) is 5.69 Å². The van der Waals surface area contributed by atoms with E-state index in [0.717, 1.165) is 21.3 Å². The average Bonchev–Trinajstić information content (AvgIpc) is 3.21. The quantitative estimate of drug-likeness (QED) is 0.720. The summed E-state index contributed by atoms with van der Waals surface area (Å²) in [5.41, 5.74) is 3.41. The van der Waals surface area contributed by atoms with E-state index in [1.165, 1.54) is 0 Å². The van der Waals surface area contributed by atoms with Gasteiger partial charge in [0, 0.05) is 22.3 Å². The highest BCUT2D eigenvalue weighted by atomic mass is 79.9. The van der Waals surface area contributed by atoms with Gasteiger partial charge in [0.05, 0.1) is 12.1 Å². The van der Waals surface area contributed by atoms with Gasteiger partial charge in [-0.05, 0) is 45.8 Å². The summed E-state index contributed by atoms with van der Waals surface area (Å²) in [6.45, 7) is 0.977. The van der Waals surface area contributed by atoms with Crippen molar-refractivity contribution in [3.8, 4) is 11.5 Å². The van der Waals surface area contributed by atoms with Crippen LogP contribution in [0.1, 0.15) is 21.8 Å². The summed E-state index contributed by atoms with van der Waals surface area (Å²) in [5, 5.41) is 14.1. The predicted molar refractivity (Wildman–Crippen MR) is 92.4 cm³/mol. The molecule has 4 rings (SSSR count). The Balaban J connectivity index is 1.49. The van der Waals surface area contributed by atoms with Crippen LogP contribution in [-0.2, 0) is 13.1 Å². The van der Waals surface area contributed by atoms with Gasteiger partial charge >= 0.3 is 0 Å². The summed E-state index contributed by atoms with van der Waals surface area (Å²) in [5.74, 6) is 0.904. The Labute approximate surface area is 146 Å². The molecule has 1 aliphatic heterocycles. The standard InChI is InChI=1S/C17H13BrN4O2/c18-14-4-2-1-3-12(14)17-22-21-15(24-17)9-19-11-6-5-10-8-20-16(23)13(10)7-11/h1-7,19H,8-9H2,(H,20,23). The zero-order valence-electron chi connectivity index (χ0n) is 12.5. The van der Waals surface area contributed by atoms with Gasteiger partial charge in [-0.1, -0.05) is 18.2 Å². The molecule has 2 heterocycles. The summed E-state index contributed by atoms with van der Waals surface area (Å²) in [6.07, 6.45) is 0. The lowest BCUT2D eigenvalue weighted by molar-refractivity contribution is 0.0966. The summed E-state index contributed by atoms with van der Waals surface area (Å²) < 4.78 is 6.59. The summed E-state index contributed by atoms with van der Waals surface area (Å²) in [7, 11) is 0. The van der Waals surface area contributed by atoms with Gasteiger partial charge in [0.1, 0.15) is 0 Å². The topological polar surface area (TPSA) is 80.0 Å². The maximum absolute atomic E-state index is 11.7. The van der Waals surface area contributed by atoms with Gasteiger partial charge in [-0.3, -0.25) is 4.79 Å². The molecule has 0 aliphatic carbocycles. The van der Waals surface area contributed by atoms with E-state index in [0.29, 0.717) is 30.4 Å². The van der Waals surface area contributed by atoms with Crippen molar-refractivity contribution in [3.05, 3.63) is 64.0 Å². The van der Waals surface area contributed by atoms with Crippen molar-refractivity contribution in [3.63, 3.8) is 0 Å². The highest BCUT2D eigenvalue weighted by molar-refractivity contribution is 9.10. The largest absolute Gasteiger partial charge is 0.419 e. The molecule has 0 unspecified atom stereocenters. The number of hydrogen-bond acceptors (Lipinski definition) is 5. The first-order valence-electron chi connectivity index (χ1n) is 7.43. The van der Waals surface area contributed by atoms with Crippen LogP contribution in [0.3, 0.4) is 0 Å². The summed E-state index contributed by atoms with van der Waals surface area (Å²) in [6, 6.07) is 13.4. The predicted octanol–water partition coefficient (Wildman–Crippen LogP) is 3.35. The number of fused-ring (bicyclic) bond motifs is 1. The van der Waals surface area contributed by atoms with Gasteiger partial charge in [0.25, 0.3) is 5.91 Å². The van der Waals surface area contributed by atoms with E-state index < -0.39 is 0 Å². The number of hydrogen-bond donors (Lipinski definition) is 2. The third kappa shape index (κ3) is 2.78. The van der Waals surface area contributed by atoms with E-state index in [1.807, 2.05) is 42.5 Å². The number of carbonyl (C=O) groups excluding carboxylic acids is 1. The molecule has 0 bridgehead atoms. The van der Waals surface area contributed by atoms with Crippen LogP contribution < -0.4 is 10.6 Å². The molecule has 0 radical (unpaired) electrons. The fraction of sp³-hybridized carbons (Fsp3) is 0.118. The first-order chi connectivity index (χ1) is 11.7. The van der Waals surface area contributed by atoms with Crippen molar-refractivity contribution in [2.75, 3.05) is 5.32 Å². The van der Waals surface area contributed by atoms with Gasteiger partial charge in [0.2, 0.25) is 11.8 Å². The fourth-order valence-corrected chi connectivity index (χ4v) is 3.02. The van der Waals surface area contributed by atoms with Crippen molar-refractivity contribution in [2.24, 2.45) is 0 Å². The first-order valence-corrected chi connectivity index (χ1v) is 8.22. The van der Waals surface area contributed by atoms with Crippen LogP contribution >= 0.6 is 15.9 Å². The van der Waals surface area contributed by atoms with Gasteiger partial charge in [-0.15, -0.1) is 10.2 Å². The Hall–Kier alpha value is -2.67. The first kappa shape index (κ1) is 14.9. The Morgan fingerprint density at radius 2 is 2.04 bits per heavy atom. The number of carbonyl (C=O) groups is 1. The number of benzene rings is 2. The highest BCUT2D eigenvalue weighted by Crippen LogP contribution is 2.27. The number of nitrogens with one attached hydrogen (secondary N) is 2. The van der Waals surface area contributed by atoms with Crippen LogP contribution in [0.2, 0.25) is 0 Å². The highest BCUT2D eigenvalue weighted by Gasteiger charge is 2.18. The molecule has 7 heteroatoms. The molecule has 1 aromatic heterocycles. The normalized spacial score (nSPS) is 12.8. The summed E-state index contributed by atoms with van der Waals surface area (Å²) >= 11 is 3.47. The van der Waals surface area contributed by atoms with Crippen molar-refractivity contribution in [1.29, 1.82) is 0 Å². The van der Waals surface area contributed by atoms with Crippen molar-refractivity contribution < 1.29 is 9.21 Å². The van der Waals surface area contributed by atoms with E-state index in [-0.39, 0.29) is 5.91 Å². The Kier molecular flexibility index (Phi) is 3.78. The molecule has 0 atom stereocenters. The zero-order chi connectivity index (χ0) is 16.5. The van der Waals surface area contributed by atoms with E-state index >= 15 is 0 Å². The van der Waals surface area contributed by atoms with Gasteiger partial charge in [-0.2, -0.15) is 0 Å². The molecule has 2 N–H and O–H groups in total. The van der Waals surface area contributed by atoms with Crippen LogP contribution in [0, 0.1) is 0 Å². The van der Waals surface area contributed by atoms with Crippen LogP contribution in [-0.4, -0.2) is 16.1 Å². The molecule has 24 heavy (non-hydrogen) atoms. The number of halogens is 1. The molecule has 120 valence electrons. The Bertz CT molecular complexity index is 922. The second-order valence-electron chi connectivity index (χ2n) is 5.39. The van der Waals surface area contributed by atoms with Crippen molar-refractivity contribution >= 4 is 27.5 Å². The second kappa shape index (κ2) is 6.09. The molecular formula is C17H13BrN4O2. The van der Waals surface area contributed by atoms with Crippen LogP contribution in [0.25, 0.3) is 11.5 Å². The fourth-order valence-electron chi connectivity index (χ4n) is 2.57. The summed E-state index contributed by atoms with van der Waals surface area (Å²) in [4.78, 5) is 11.7. The maximum Gasteiger partial charge on any atom is 0.251 e. The molecule has 1 aliphatic rings. The molecule has 0 fully saturated rings. The average molecular weight is 385 g/mol.